The number of hydrogen-bond donors (Lipinski definition) is 1. The van der Waals surface area contributed by atoms with Gasteiger partial charge in [0.05, 0.1) is 11.6 Å². The van der Waals surface area contributed by atoms with Crippen molar-refractivity contribution in [1.29, 1.82) is 5.26 Å². The first-order valence-corrected chi connectivity index (χ1v) is 8.37. The minimum absolute atomic E-state index is 0. The van der Waals surface area contributed by atoms with Gasteiger partial charge in [-0.15, -0.1) is 38.0 Å². The number of rotatable bonds is 4. The average molecular weight is 452 g/mol. The van der Waals surface area contributed by atoms with E-state index in [4.69, 9.17) is 5.26 Å². The molecule has 29 heavy (non-hydrogen) atoms. The molecule has 1 atom stereocenters. The zero-order chi connectivity index (χ0) is 19.4. The smallest absolute Gasteiger partial charge is 0.406 e. The van der Waals surface area contributed by atoms with Crippen LogP contribution in [-0.2, 0) is 0 Å². The Balaban J connectivity index is 0.00000210. The number of nitrogens with one attached hydrogen (secondary N) is 1. The number of ether oxygens (including phenoxy) is 1. The Morgan fingerprint density at radius 1 is 1.00 bits per heavy atom. The van der Waals surface area contributed by atoms with Crippen molar-refractivity contribution in [3.8, 4) is 11.8 Å². The lowest BCUT2D eigenvalue weighted by Crippen LogP contribution is -2.45. The second kappa shape index (κ2) is 10.6. The van der Waals surface area contributed by atoms with Crippen LogP contribution < -0.4 is 10.1 Å². The molecule has 158 valence electrons. The molecule has 1 aliphatic heterocycles. The van der Waals surface area contributed by atoms with Crippen LogP contribution >= 0.6 is 24.8 Å². The maximum atomic E-state index is 13.7. The van der Waals surface area contributed by atoms with E-state index in [2.05, 4.69) is 15.0 Å². The van der Waals surface area contributed by atoms with Gasteiger partial charge in [-0.2, -0.15) is 5.26 Å². The van der Waals surface area contributed by atoms with Gasteiger partial charge in [0, 0.05) is 26.2 Å². The number of hydrogen-bond acceptors (Lipinski definition) is 4. The minimum atomic E-state index is -4.75. The summed E-state index contributed by atoms with van der Waals surface area (Å²) in [6.45, 7) is 2.95. The summed E-state index contributed by atoms with van der Waals surface area (Å²) in [6, 6.07) is 11.5. The van der Waals surface area contributed by atoms with E-state index in [1.54, 1.807) is 18.2 Å². The Hall–Kier alpha value is -2.05. The maximum Gasteiger partial charge on any atom is 0.573 e. The van der Waals surface area contributed by atoms with Gasteiger partial charge in [0.2, 0.25) is 0 Å². The molecular weight excluding hydrogens is 433 g/mol. The zero-order valence-electron chi connectivity index (χ0n) is 15.1. The molecule has 4 nitrogen and oxygen atoms in total. The maximum absolute atomic E-state index is 13.7. The molecule has 2 aromatic carbocycles. The fourth-order valence-corrected chi connectivity index (χ4v) is 3.20. The molecule has 0 radical (unpaired) electrons. The molecule has 1 N–H and O–H groups in total. The highest BCUT2D eigenvalue weighted by Crippen LogP contribution is 2.32. The topological polar surface area (TPSA) is 48.3 Å². The molecule has 1 fully saturated rings. The van der Waals surface area contributed by atoms with Gasteiger partial charge in [-0.3, -0.25) is 4.90 Å². The van der Waals surface area contributed by atoms with E-state index < -0.39 is 12.2 Å². The van der Waals surface area contributed by atoms with Crippen LogP contribution in [-0.4, -0.2) is 37.4 Å². The number of piperazine rings is 1. The van der Waals surface area contributed by atoms with Gasteiger partial charge < -0.3 is 10.1 Å². The normalized spacial score (nSPS) is 15.4. The van der Waals surface area contributed by atoms with Crippen LogP contribution in [0.3, 0.4) is 0 Å². The van der Waals surface area contributed by atoms with Crippen LogP contribution in [0.2, 0.25) is 0 Å². The van der Waals surface area contributed by atoms with Crippen molar-refractivity contribution in [3.05, 3.63) is 65.0 Å². The Bertz CT molecular complexity index is 835. The molecule has 10 heteroatoms. The molecule has 0 unspecified atom stereocenters. The van der Waals surface area contributed by atoms with Gasteiger partial charge >= 0.3 is 6.36 Å². The van der Waals surface area contributed by atoms with E-state index in [1.807, 2.05) is 6.07 Å². The second-order valence-electron chi connectivity index (χ2n) is 6.16. The predicted molar refractivity (Wildman–Crippen MR) is 105 cm³/mol. The minimum Gasteiger partial charge on any atom is -0.406 e. The molecule has 0 spiro atoms. The van der Waals surface area contributed by atoms with Gasteiger partial charge in [0.15, 0.2) is 0 Å². The monoisotopic (exact) mass is 451 g/mol. The molecule has 0 saturated carbocycles. The van der Waals surface area contributed by atoms with E-state index in [0.29, 0.717) is 18.7 Å². The summed E-state index contributed by atoms with van der Waals surface area (Å²) in [4.78, 5) is 2.14. The largest absolute Gasteiger partial charge is 0.573 e. The fourth-order valence-electron chi connectivity index (χ4n) is 3.20. The van der Waals surface area contributed by atoms with Crippen LogP contribution in [0, 0.1) is 17.1 Å². The highest BCUT2D eigenvalue weighted by Gasteiger charge is 2.31. The summed E-state index contributed by atoms with van der Waals surface area (Å²) in [6.07, 6.45) is -4.75. The van der Waals surface area contributed by atoms with Gasteiger partial charge in [-0.1, -0.05) is 18.2 Å². The van der Waals surface area contributed by atoms with E-state index in [-0.39, 0.29) is 42.2 Å². The highest BCUT2D eigenvalue weighted by atomic mass is 35.5. The van der Waals surface area contributed by atoms with E-state index in [9.17, 15) is 17.6 Å². The van der Waals surface area contributed by atoms with Crippen molar-refractivity contribution in [1.82, 2.24) is 10.2 Å². The third-order valence-electron chi connectivity index (χ3n) is 4.37. The number of alkyl halides is 3. The molecule has 0 aliphatic carbocycles. The number of nitriles is 1. The third kappa shape index (κ3) is 6.47. The Morgan fingerprint density at radius 2 is 1.59 bits per heavy atom. The predicted octanol–water partition coefficient (Wildman–Crippen LogP) is 4.43. The molecule has 1 aliphatic rings. The van der Waals surface area contributed by atoms with E-state index in [1.165, 1.54) is 24.3 Å². The van der Waals surface area contributed by atoms with Crippen molar-refractivity contribution < 1.29 is 22.3 Å². The molecule has 0 aromatic heterocycles. The van der Waals surface area contributed by atoms with Gasteiger partial charge in [-0.25, -0.2) is 4.39 Å². The fraction of sp³-hybridized carbons (Fsp3) is 0.316. The van der Waals surface area contributed by atoms with E-state index in [0.717, 1.165) is 18.7 Å². The zero-order valence-corrected chi connectivity index (χ0v) is 16.7. The van der Waals surface area contributed by atoms with Crippen molar-refractivity contribution in [2.45, 2.75) is 12.4 Å². The SMILES string of the molecule is Cl.Cl.N#Cc1cc([C@H](c2ccc(OC(F)(F)F)cc2)N2CCNCC2)ccc1F. The summed E-state index contributed by atoms with van der Waals surface area (Å²) in [5.41, 5.74) is 1.38. The number of benzene rings is 2. The molecular formula is C19H19Cl2F4N3O. The molecule has 1 saturated heterocycles. The van der Waals surface area contributed by atoms with Gasteiger partial charge in [-0.05, 0) is 35.4 Å². The first kappa shape index (κ1) is 25.0. The Morgan fingerprint density at radius 3 is 2.14 bits per heavy atom. The van der Waals surface area contributed by atoms with Crippen LogP contribution in [0.15, 0.2) is 42.5 Å². The summed E-state index contributed by atoms with van der Waals surface area (Å²) in [5, 5.41) is 12.4. The lowest BCUT2D eigenvalue weighted by molar-refractivity contribution is -0.274. The van der Waals surface area contributed by atoms with Gasteiger partial charge in [0.25, 0.3) is 0 Å². The van der Waals surface area contributed by atoms with Gasteiger partial charge in [0.1, 0.15) is 17.6 Å². The first-order chi connectivity index (χ1) is 12.9. The molecule has 3 rings (SSSR count). The molecule has 0 amide bonds. The first-order valence-electron chi connectivity index (χ1n) is 8.37. The summed E-state index contributed by atoms with van der Waals surface area (Å²) >= 11 is 0. The summed E-state index contributed by atoms with van der Waals surface area (Å²) < 4.78 is 54.8. The average Bonchev–Trinajstić information content (AvgIpc) is 2.64. The van der Waals surface area contributed by atoms with Crippen molar-refractivity contribution in [2.24, 2.45) is 0 Å². The van der Waals surface area contributed by atoms with Crippen molar-refractivity contribution >= 4 is 24.8 Å². The highest BCUT2D eigenvalue weighted by molar-refractivity contribution is 5.85. The third-order valence-corrected chi connectivity index (χ3v) is 4.37. The van der Waals surface area contributed by atoms with E-state index >= 15 is 0 Å². The standard InChI is InChI=1S/C19H17F4N3O.2ClH/c20-17-6-3-14(11-15(17)12-24)18(26-9-7-25-8-10-26)13-1-4-16(5-2-13)27-19(21,22)23;;/h1-6,11,18,25H,7-10H2;2*1H/t18-;;/m0../s1. The lowest BCUT2D eigenvalue weighted by atomic mass is 9.95. The van der Waals surface area contributed by atoms with Crippen molar-refractivity contribution in [2.75, 3.05) is 26.2 Å². The molecule has 1 heterocycles. The number of halogens is 6. The molecule has 2 aromatic rings. The van der Waals surface area contributed by atoms with Crippen LogP contribution in [0.4, 0.5) is 17.6 Å². The Kier molecular flexibility index (Phi) is 9.17. The lowest BCUT2D eigenvalue weighted by Gasteiger charge is -2.35. The van der Waals surface area contributed by atoms with Crippen LogP contribution in [0.5, 0.6) is 5.75 Å². The summed E-state index contributed by atoms with van der Waals surface area (Å²) in [5.74, 6) is -0.906. The Labute approximate surface area is 178 Å². The number of nitrogens with zero attached hydrogens (tertiary/aromatic N) is 2. The van der Waals surface area contributed by atoms with Crippen LogP contribution in [0.1, 0.15) is 22.7 Å². The molecule has 0 bridgehead atoms. The quantitative estimate of drug-likeness (QED) is 0.698. The van der Waals surface area contributed by atoms with Crippen molar-refractivity contribution in [3.63, 3.8) is 0 Å². The summed E-state index contributed by atoms with van der Waals surface area (Å²) in [7, 11) is 0. The van der Waals surface area contributed by atoms with Crippen LogP contribution in [0.25, 0.3) is 0 Å². The second-order valence-corrected chi connectivity index (χ2v) is 6.16.